The van der Waals surface area contributed by atoms with Crippen LogP contribution in [0.4, 0.5) is 0 Å². The molecule has 0 fully saturated rings. The number of thiol groups is 1. The third-order valence-electron chi connectivity index (χ3n) is 4.85. The van der Waals surface area contributed by atoms with Gasteiger partial charge in [-0.1, -0.05) is 0 Å². The number of hydrogen-bond donors (Lipinski definition) is 13. The van der Waals surface area contributed by atoms with E-state index in [9.17, 15) is 48.3 Å². The van der Waals surface area contributed by atoms with Gasteiger partial charge in [0.15, 0.2) is 0 Å². The zero-order valence-electron chi connectivity index (χ0n) is 22.6. The lowest BCUT2D eigenvalue weighted by atomic mass is 10.2. The summed E-state index contributed by atoms with van der Waals surface area (Å²) in [6.07, 6.45) is 0. The van der Waals surface area contributed by atoms with Crippen LogP contribution < -0.4 is 48.3 Å². The van der Waals surface area contributed by atoms with Gasteiger partial charge in [0, 0.05) is 5.75 Å². The number of hydrogen-bond acceptors (Lipinski definition) is 13. The van der Waals surface area contributed by atoms with E-state index < -0.39 is 117 Å². The highest BCUT2D eigenvalue weighted by molar-refractivity contribution is 7.80. The molecule has 0 rings (SSSR count). The molecule has 0 aromatic carbocycles. The van der Waals surface area contributed by atoms with Crippen molar-refractivity contribution in [1.29, 1.82) is 0 Å². The first-order chi connectivity index (χ1) is 20.3. The number of rotatable bonds is 20. The maximum atomic E-state index is 12.2. The normalized spacial score (nSPS) is 12.3. The monoisotopic (exact) mass is 637 g/mol. The van der Waals surface area contributed by atoms with Gasteiger partial charge >= 0.3 is 5.97 Å². The van der Waals surface area contributed by atoms with Gasteiger partial charge < -0.3 is 63.6 Å². The quantitative estimate of drug-likeness (QED) is 0.0552. The van der Waals surface area contributed by atoms with Crippen LogP contribution in [0.15, 0.2) is 0 Å². The molecular formula is C21H35N9O12S. The summed E-state index contributed by atoms with van der Waals surface area (Å²) >= 11 is 3.92. The summed E-state index contributed by atoms with van der Waals surface area (Å²) in [5.41, 5.74) is 5.15. The Bertz CT molecular complexity index is 1050. The fourth-order valence-corrected chi connectivity index (χ4v) is 2.88. The minimum Gasteiger partial charge on any atom is -0.480 e. The Morgan fingerprint density at radius 1 is 0.535 bits per heavy atom. The molecule has 0 aliphatic rings. The minimum absolute atomic E-state index is 0.0926. The molecule has 0 unspecified atom stereocenters. The van der Waals surface area contributed by atoms with Gasteiger partial charge in [-0.2, -0.15) is 12.6 Å². The van der Waals surface area contributed by atoms with E-state index in [1.807, 2.05) is 5.32 Å². The van der Waals surface area contributed by atoms with Crippen molar-refractivity contribution < 1.29 is 58.5 Å². The first kappa shape index (κ1) is 38.5. The lowest BCUT2D eigenvalue weighted by Gasteiger charge is -2.18. The molecule has 0 bridgehead atoms. The minimum atomic E-state index is -1.55. The zero-order valence-corrected chi connectivity index (χ0v) is 23.5. The molecule has 0 heterocycles. The van der Waals surface area contributed by atoms with Gasteiger partial charge in [-0.3, -0.25) is 38.4 Å². The summed E-state index contributed by atoms with van der Waals surface area (Å²) in [6.45, 7) is -5.24. The summed E-state index contributed by atoms with van der Waals surface area (Å²) < 4.78 is 0. The second-order valence-corrected chi connectivity index (χ2v) is 8.58. The highest BCUT2D eigenvalue weighted by atomic mass is 32.1. The Morgan fingerprint density at radius 3 is 1.28 bits per heavy atom. The molecule has 0 spiro atoms. The Hall–Kier alpha value is -4.54. The second-order valence-electron chi connectivity index (χ2n) is 8.22. The molecule has 0 saturated carbocycles. The number of carboxylic acid groups (broad SMARTS) is 1. The molecule has 3 atom stereocenters. The Kier molecular flexibility index (Phi) is 19.0. The highest BCUT2D eigenvalue weighted by Gasteiger charge is 2.23. The van der Waals surface area contributed by atoms with Crippen LogP contribution in [0.1, 0.15) is 0 Å². The lowest BCUT2D eigenvalue weighted by Crippen LogP contribution is -2.54. The molecule has 0 aliphatic carbocycles. The maximum Gasteiger partial charge on any atom is 0.328 e. The summed E-state index contributed by atoms with van der Waals surface area (Å²) in [4.78, 5) is 105. The molecule has 0 aromatic rings. The molecule has 13 N–H and O–H groups in total. The number of nitrogens with two attached hydrogens (primary N) is 1. The smallest absolute Gasteiger partial charge is 0.328 e. The number of aliphatic carboxylic acids is 1. The molecule has 8 amide bonds. The molecule has 0 saturated heterocycles. The van der Waals surface area contributed by atoms with Gasteiger partial charge in [-0.25, -0.2) is 4.79 Å². The SMILES string of the molecule is NCC(=O)N[C@@H](CS)C(=O)NCC(=O)N[C@@H](CO)C(=O)NCC(=O)NCC(=O)NCC(=O)NCC(=O)N[C@@H](CO)C(=O)O. The number of carboxylic acids is 1. The van der Waals surface area contributed by atoms with E-state index >= 15 is 0 Å². The van der Waals surface area contributed by atoms with Crippen molar-refractivity contribution in [1.82, 2.24) is 42.5 Å². The summed E-state index contributed by atoms with van der Waals surface area (Å²) in [7, 11) is 0. The summed E-state index contributed by atoms with van der Waals surface area (Å²) in [6, 6.07) is -4.13. The molecule has 22 heteroatoms. The van der Waals surface area contributed by atoms with Gasteiger partial charge in [-0.05, 0) is 0 Å². The van der Waals surface area contributed by atoms with E-state index in [1.165, 1.54) is 0 Å². The lowest BCUT2D eigenvalue weighted by molar-refractivity contribution is -0.142. The molecule has 43 heavy (non-hydrogen) atoms. The van der Waals surface area contributed by atoms with Crippen LogP contribution >= 0.6 is 12.6 Å². The van der Waals surface area contributed by atoms with E-state index in [0.29, 0.717) is 0 Å². The number of carbonyl (C=O) groups excluding carboxylic acids is 8. The van der Waals surface area contributed by atoms with Crippen LogP contribution in [-0.4, -0.2) is 145 Å². The molecule has 242 valence electrons. The number of amides is 8. The predicted octanol–water partition coefficient (Wildman–Crippen LogP) is -9.02. The van der Waals surface area contributed by atoms with Crippen LogP contribution in [0.3, 0.4) is 0 Å². The van der Waals surface area contributed by atoms with Crippen LogP contribution in [0.25, 0.3) is 0 Å². The van der Waals surface area contributed by atoms with Gasteiger partial charge in [0.25, 0.3) is 0 Å². The molecule has 0 aromatic heterocycles. The predicted molar refractivity (Wildman–Crippen MR) is 146 cm³/mol. The van der Waals surface area contributed by atoms with Crippen LogP contribution in [0.5, 0.6) is 0 Å². The van der Waals surface area contributed by atoms with Crippen molar-refractivity contribution in [3.8, 4) is 0 Å². The summed E-state index contributed by atoms with van der Waals surface area (Å²) in [5.74, 6) is -8.21. The highest BCUT2D eigenvalue weighted by Crippen LogP contribution is 1.89. The van der Waals surface area contributed by atoms with Crippen LogP contribution in [0, 0.1) is 0 Å². The van der Waals surface area contributed by atoms with E-state index in [1.54, 1.807) is 0 Å². The Balaban J connectivity index is 4.37. The Labute approximate surface area is 249 Å². The molecule has 0 radical (unpaired) electrons. The first-order valence-corrected chi connectivity index (χ1v) is 12.9. The van der Waals surface area contributed by atoms with E-state index in [0.717, 1.165) is 0 Å². The Morgan fingerprint density at radius 2 is 0.884 bits per heavy atom. The third-order valence-corrected chi connectivity index (χ3v) is 5.22. The van der Waals surface area contributed by atoms with Gasteiger partial charge in [0.2, 0.25) is 47.3 Å². The number of nitrogens with one attached hydrogen (secondary N) is 8. The largest absolute Gasteiger partial charge is 0.480 e. The van der Waals surface area contributed by atoms with Crippen molar-refractivity contribution in [3.63, 3.8) is 0 Å². The molecule has 21 nitrogen and oxygen atoms in total. The van der Waals surface area contributed by atoms with Gasteiger partial charge in [0.1, 0.15) is 18.1 Å². The number of aliphatic hydroxyl groups is 2. The van der Waals surface area contributed by atoms with Crippen molar-refractivity contribution in [2.45, 2.75) is 18.1 Å². The second kappa shape index (κ2) is 21.2. The fraction of sp³-hybridized carbons (Fsp3) is 0.571. The van der Waals surface area contributed by atoms with Crippen LogP contribution in [0.2, 0.25) is 0 Å². The standard InChI is InChI=1S/C21H35N9O12S/c22-1-13(33)30-12(9-43)20(40)27-6-18(38)28-10(7-31)19(39)26-4-16(36)24-2-14(34)23-3-15(35)25-5-17(37)29-11(8-32)21(41)42/h10-12,31-32,43H,1-9,22H2,(H,23,34)(H,24,36)(H,25,35)(H,26,39)(H,27,40)(H,28,38)(H,29,37)(H,30,33)(H,41,42)/t10-,11-,12-/m0/s1. The third kappa shape index (κ3) is 17.1. The van der Waals surface area contributed by atoms with Crippen molar-refractivity contribution in [2.75, 3.05) is 58.2 Å². The van der Waals surface area contributed by atoms with Crippen LogP contribution in [-0.2, 0) is 43.2 Å². The van der Waals surface area contributed by atoms with E-state index in [2.05, 4.69) is 49.8 Å². The van der Waals surface area contributed by atoms with Crippen molar-refractivity contribution in [2.24, 2.45) is 5.73 Å². The summed E-state index contributed by atoms with van der Waals surface area (Å²) in [5, 5.41) is 44.0. The first-order valence-electron chi connectivity index (χ1n) is 12.3. The van der Waals surface area contributed by atoms with Crippen molar-refractivity contribution >= 4 is 65.9 Å². The topological polar surface area (TPSA) is 337 Å². The number of carbonyl (C=O) groups is 9. The average Bonchev–Trinajstić information content (AvgIpc) is 2.98. The average molecular weight is 638 g/mol. The van der Waals surface area contributed by atoms with Gasteiger partial charge in [0.05, 0.1) is 52.5 Å². The van der Waals surface area contributed by atoms with E-state index in [-0.39, 0.29) is 12.3 Å². The zero-order chi connectivity index (χ0) is 32.9. The molecule has 0 aliphatic heterocycles. The fourth-order valence-electron chi connectivity index (χ4n) is 2.62. The molecular weight excluding hydrogens is 602 g/mol. The number of aliphatic hydroxyl groups excluding tert-OH is 2. The van der Waals surface area contributed by atoms with Crippen molar-refractivity contribution in [3.05, 3.63) is 0 Å². The maximum absolute atomic E-state index is 12.2. The van der Waals surface area contributed by atoms with E-state index in [4.69, 9.17) is 15.9 Å². The van der Waals surface area contributed by atoms with Gasteiger partial charge in [-0.15, -0.1) is 0 Å².